The Morgan fingerprint density at radius 2 is 2.07 bits per heavy atom. The molecule has 4 rings (SSSR count). The quantitative estimate of drug-likeness (QED) is 0.438. The van der Waals surface area contributed by atoms with Gasteiger partial charge in [-0.1, -0.05) is 6.07 Å². The van der Waals surface area contributed by atoms with Crippen molar-refractivity contribution in [3.63, 3.8) is 0 Å². The molecule has 0 spiro atoms. The van der Waals surface area contributed by atoms with Crippen LogP contribution in [0.25, 0.3) is 16.6 Å². The molecule has 0 aliphatic carbocycles. The summed E-state index contributed by atoms with van der Waals surface area (Å²) in [7, 11) is 1.44. The molecule has 0 saturated carbocycles. The molecule has 0 saturated heterocycles. The van der Waals surface area contributed by atoms with E-state index >= 15 is 0 Å². The molecule has 9 heteroatoms. The van der Waals surface area contributed by atoms with Crippen LogP contribution in [0.3, 0.4) is 0 Å². The van der Waals surface area contributed by atoms with Crippen molar-refractivity contribution in [3.05, 3.63) is 75.3 Å². The average molecular weight is 363 g/mol. The second-order valence-electron chi connectivity index (χ2n) is 5.68. The van der Waals surface area contributed by atoms with Gasteiger partial charge >= 0.3 is 11.2 Å². The maximum atomic E-state index is 12.6. The van der Waals surface area contributed by atoms with E-state index in [1.165, 1.54) is 13.3 Å². The largest absolute Gasteiger partial charge is 0.493 e. The van der Waals surface area contributed by atoms with Crippen molar-refractivity contribution in [2.75, 3.05) is 12.4 Å². The van der Waals surface area contributed by atoms with Crippen molar-refractivity contribution in [3.8, 4) is 5.75 Å². The number of fused-ring (bicyclic) bond motifs is 2. The molecule has 27 heavy (non-hydrogen) atoms. The van der Waals surface area contributed by atoms with Crippen LogP contribution in [-0.4, -0.2) is 26.4 Å². The molecule has 0 unspecified atom stereocenters. The molecule has 0 radical (unpaired) electrons. The van der Waals surface area contributed by atoms with E-state index in [9.17, 15) is 14.9 Å². The van der Waals surface area contributed by atoms with Crippen molar-refractivity contribution in [2.24, 2.45) is 0 Å². The first kappa shape index (κ1) is 16.5. The van der Waals surface area contributed by atoms with E-state index in [0.29, 0.717) is 11.4 Å². The Morgan fingerprint density at radius 1 is 1.22 bits per heavy atom. The van der Waals surface area contributed by atoms with Gasteiger partial charge in [-0.25, -0.2) is 4.98 Å². The smallest absolute Gasteiger partial charge is 0.376 e. The zero-order valence-corrected chi connectivity index (χ0v) is 14.1. The van der Waals surface area contributed by atoms with Gasteiger partial charge in [-0.3, -0.25) is 24.3 Å². The van der Waals surface area contributed by atoms with Gasteiger partial charge in [0.05, 0.1) is 17.5 Å². The zero-order valence-electron chi connectivity index (χ0n) is 14.1. The van der Waals surface area contributed by atoms with E-state index in [-0.39, 0.29) is 11.5 Å². The third-order valence-electron chi connectivity index (χ3n) is 4.06. The Kier molecular flexibility index (Phi) is 3.88. The Hall–Kier alpha value is -4.01. The third kappa shape index (κ3) is 2.80. The zero-order chi connectivity index (χ0) is 19.0. The summed E-state index contributed by atoms with van der Waals surface area (Å²) >= 11 is 0. The number of anilines is 2. The Morgan fingerprint density at radius 3 is 2.85 bits per heavy atom. The fraction of sp³-hybridized carbons (Fsp3) is 0.0556. The lowest BCUT2D eigenvalue weighted by Crippen LogP contribution is -2.20. The monoisotopic (exact) mass is 363 g/mol. The topological polar surface area (TPSA) is 112 Å². The number of pyridine rings is 2. The summed E-state index contributed by atoms with van der Waals surface area (Å²) in [5.41, 5.74) is 0.0666. The van der Waals surface area contributed by atoms with Crippen LogP contribution in [-0.2, 0) is 0 Å². The lowest BCUT2D eigenvalue weighted by Gasteiger charge is -2.10. The highest BCUT2D eigenvalue weighted by Gasteiger charge is 2.25. The van der Waals surface area contributed by atoms with Gasteiger partial charge in [0, 0.05) is 23.5 Å². The van der Waals surface area contributed by atoms with Crippen molar-refractivity contribution in [1.29, 1.82) is 0 Å². The summed E-state index contributed by atoms with van der Waals surface area (Å²) in [6, 6.07) is 12.1. The first-order valence-electron chi connectivity index (χ1n) is 7.94. The van der Waals surface area contributed by atoms with Gasteiger partial charge in [-0.15, -0.1) is 0 Å². The van der Waals surface area contributed by atoms with Gasteiger partial charge in [0.1, 0.15) is 0 Å². The second kappa shape index (κ2) is 6.37. The van der Waals surface area contributed by atoms with Crippen LogP contribution in [0.15, 0.2) is 59.7 Å². The van der Waals surface area contributed by atoms with Gasteiger partial charge in [0.15, 0.2) is 11.4 Å². The minimum atomic E-state index is -0.797. The number of aromatic nitrogens is 3. The number of rotatable bonds is 4. The molecular formula is C18H13N5O4. The van der Waals surface area contributed by atoms with Crippen LogP contribution in [0.2, 0.25) is 0 Å². The highest BCUT2D eigenvalue weighted by molar-refractivity contribution is 5.83. The summed E-state index contributed by atoms with van der Waals surface area (Å²) in [5.74, 6) is 0.174. The molecule has 1 aromatic carbocycles. The number of ether oxygens (including phenoxy) is 1. The maximum Gasteiger partial charge on any atom is 0.376 e. The van der Waals surface area contributed by atoms with Crippen LogP contribution in [0.5, 0.6) is 5.75 Å². The molecule has 3 heterocycles. The van der Waals surface area contributed by atoms with Gasteiger partial charge in [-0.05, 0) is 36.4 Å². The van der Waals surface area contributed by atoms with Gasteiger partial charge in [0.2, 0.25) is 5.82 Å². The molecule has 0 aliphatic heterocycles. The Balaban J connectivity index is 1.92. The molecule has 0 aliphatic rings. The molecule has 0 amide bonds. The first-order valence-corrected chi connectivity index (χ1v) is 7.94. The molecule has 0 fully saturated rings. The Labute approximate surface area is 152 Å². The second-order valence-corrected chi connectivity index (χ2v) is 5.68. The summed E-state index contributed by atoms with van der Waals surface area (Å²) < 4.78 is 6.31. The number of nitrogens with zero attached hydrogens (tertiary/aromatic N) is 4. The van der Waals surface area contributed by atoms with E-state index in [2.05, 4.69) is 15.3 Å². The molecule has 1 N–H and O–H groups in total. The van der Waals surface area contributed by atoms with Gasteiger partial charge in [0.25, 0.3) is 0 Å². The highest BCUT2D eigenvalue weighted by atomic mass is 16.6. The maximum absolute atomic E-state index is 12.6. The van der Waals surface area contributed by atoms with Crippen molar-refractivity contribution in [2.45, 2.75) is 0 Å². The van der Waals surface area contributed by atoms with E-state index in [1.807, 2.05) is 6.07 Å². The summed E-state index contributed by atoms with van der Waals surface area (Å²) in [4.78, 5) is 31.9. The van der Waals surface area contributed by atoms with Crippen LogP contribution < -0.4 is 15.6 Å². The average Bonchev–Trinajstić information content (AvgIpc) is 2.67. The van der Waals surface area contributed by atoms with Crippen molar-refractivity contribution in [1.82, 2.24) is 14.4 Å². The lowest BCUT2D eigenvalue weighted by molar-refractivity contribution is -0.385. The number of hydrogen-bond acceptors (Lipinski definition) is 7. The number of nitro groups is 1. The number of benzene rings is 1. The molecule has 134 valence electrons. The van der Waals surface area contributed by atoms with E-state index in [0.717, 1.165) is 15.3 Å². The van der Waals surface area contributed by atoms with Crippen molar-refractivity contribution >= 4 is 33.7 Å². The predicted octanol–water partition coefficient (Wildman–Crippen LogP) is 2.90. The standard InChI is InChI=1S/C18H13N5O4/c1-27-14-5-3-9-22-17(14)21-16(15(18(22)24)23(25)26)20-12-6-7-13-11(10-12)4-2-8-19-13/h2-10,20H,1H3. The van der Waals surface area contributed by atoms with Crippen LogP contribution in [0, 0.1) is 10.1 Å². The number of nitrogens with one attached hydrogen (secondary N) is 1. The van der Waals surface area contributed by atoms with Crippen LogP contribution in [0.1, 0.15) is 0 Å². The summed E-state index contributed by atoms with van der Waals surface area (Å²) in [6.07, 6.45) is 3.09. The van der Waals surface area contributed by atoms with Gasteiger partial charge in [-0.2, -0.15) is 0 Å². The van der Waals surface area contributed by atoms with E-state index in [1.54, 1.807) is 42.6 Å². The first-order chi connectivity index (χ1) is 13.1. The minimum Gasteiger partial charge on any atom is -0.493 e. The van der Waals surface area contributed by atoms with Crippen LogP contribution in [0.4, 0.5) is 17.2 Å². The van der Waals surface area contributed by atoms with E-state index < -0.39 is 16.2 Å². The molecule has 9 nitrogen and oxygen atoms in total. The lowest BCUT2D eigenvalue weighted by atomic mass is 10.2. The summed E-state index contributed by atoms with van der Waals surface area (Å²) in [5, 5.41) is 15.2. The van der Waals surface area contributed by atoms with Crippen molar-refractivity contribution < 1.29 is 9.66 Å². The van der Waals surface area contributed by atoms with E-state index in [4.69, 9.17) is 4.74 Å². The van der Waals surface area contributed by atoms with Gasteiger partial charge < -0.3 is 10.1 Å². The van der Waals surface area contributed by atoms with Crippen LogP contribution >= 0.6 is 0 Å². The number of hydrogen-bond donors (Lipinski definition) is 1. The predicted molar refractivity (Wildman–Crippen MR) is 99.7 cm³/mol. The fourth-order valence-corrected chi connectivity index (χ4v) is 2.83. The minimum absolute atomic E-state index is 0.155. The summed E-state index contributed by atoms with van der Waals surface area (Å²) in [6.45, 7) is 0. The third-order valence-corrected chi connectivity index (χ3v) is 4.06. The SMILES string of the molecule is COc1cccn2c(=O)c([N+](=O)[O-])c(Nc3ccc4ncccc4c3)nc12. The molecule has 4 aromatic rings. The molecule has 0 atom stereocenters. The molecular weight excluding hydrogens is 350 g/mol. The highest BCUT2D eigenvalue weighted by Crippen LogP contribution is 2.27. The number of methoxy groups -OCH3 is 1. The normalized spacial score (nSPS) is 10.9. The molecule has 3 aromatic heterocycles. The Bertz CT molecular complexity index is 1250. The fourth-order valence-electron chi connectivity index (χ4n) is 2.83. The molecule has 0 bridgehead atoms.